The Bertz CT molecular complexity index is 1370. The molecule has 1 N–H and O–H groups in total. The fourth-order valence-electron chi connectivity index (χ4n) is 2.59. The Morgan fingerprint density at radius 3 is 2.45 bits per heavy atom. The van der Waals surface area contributed by atoms with Crippen molar-refractivity contribution >= 4 is 39.0 Å². The summed E-state index contributed by atoms with van der Waals surface area (Å²) in [5.74, 6) is -1.08. The number of rotatable bonds is 2. The van der Waals surface area contributed by atoms with E-state index in [0.717, 1.165) is 19.2 Å². The van der Waals surface area contributed by atoms with Gasteiger partial charge in [-0.1, -0.05) is 0 Å². The van der Waals surface area contributed by atoms with Crippen molar-refractivity contribution in [3.63, 3.8) is 0 Å². The largest absolute Gasteiger partial charge is 0.431 e. The quantitative estimate of drug-likeness (QED) is 0.525. The van der Waals surface area contributed by atoms with Crippen LogP contribution in [0.5, 0.6) is 0 Å². The molecule has 2 aromatic heterocycles. The molecule has 0 fully saturated rings. The van der Waals surface area contributed by atoms with Gasteiger partial charge in [-0.15, -0.1) is 11.3 Å². The molecule has 3 rings (SSSR count). The van der Waals surface area contributed by atoms with E-state index in [0.29, 0.717) is 4.80 Å². The zero-order chi connectivity index (χ0) is 23.1. The molecule has 31 heavy (non-hydrogen) atoms. The molecule has 1 aromatic carbocycles. The van der Waals surface area contributed by atoms with Gasteiger partial charge in [-0.05, 0) is 28.1 Å². The second-order valence-electron chi connectivity index (χ2n) is 6.16. The van der Waals surface area contributed by atoms with E-state index in [1.54, 1.807) is 23.2 Å². The first kappa shape index (κ1) is 22.7. The summed E-state index contributed by atoms with van der Waals surface area (Å²) < 4.78 is 55.7. The molecule has 0 atom stereocenters. The summed E-state index contributed by atoms with van der Waals surface area (Å²) in [5.41, 5.74) is -4.97. The van der Waals surface area contributed by atoms with E-state index < -0.39 is 40.7 Å². The van der Waals surface area contributed by atoms with Gasteiger partial charge in [-0.2, -0.15) is 18.2 Å². The summed E-state index contributed by atoms with van der Waals surface area (Å²) in [4.78, 5) is 41.1. The number of halogens is 5. The van der Waals surface area contributed by atoms with Gasteiger partial charge in [-0.25, -0.2) is 18.5 Å². The van der Waals surface area contributed by atoms with Gasteiger partial charge in [0, 0.05) is 36.2 Å². The fourth-order valence-corrected chi connectivity index (χ4v) is 3.73. The van der Waals surface area contributed by atoms with E-state index in [-0.39, 0.29) is 25.4 Å². The SMILES string of the molecule is Cn1c(C(F)(F)F)cc(=O)n(-c2cc(NC(=O)/N=c3/sccn3C)c(Br)cc2F)c1=O. The second kappa shape index (κ2) is 8.26. The molecule has 0 saturated heterocycles. The molecular weight excluding hydrogens is 510 g/mol. The monoisotopic (exact) mass is 521 g/mol. The van der Waals surface area contributed by atoms with Gasteiger partial charge in [0.15, 0.2) is 4.80 Å². The standard InChI is InChI=1S/C17H12BrF4N5O3S/c1-25-3-4-31-15(25)24-14(29)23-10-6-11(9(19)5-8(10)18)27-13(28)7-12(17(20,21)22)26(2)16(27)30/h3-7H,1-2H3,(H,23,29)/b24-15+. The predicted molar refractivity (Wildman–Crippen MR) is 108 cm³/mol. The van der Waals surface area contributed by atoms with Crippen LogP contribution in [0.1, 0.15) is 5.69 Å². The summed E-state index contributed by atoms with van der Waals surface area (Å²) in [5, 5.41) is 4.07. The first-order valence-electron chi connectivity index (χ1n) is 8.25. The molecule has 0 spiro atoms. The number of hydrogen-bond acceptors (Lipinski definition) is 4. The number of aromatic nitrogens is 3. The van der Waals surface area contributed by atoms with Gasteiger partial charge < -0.3 is 9.88 Å². The third-order valence-corrected chi connectivity index (χ3v) is 5.59. The van der Waals surface area contributed by atoms with Crippen LogP contribution >= 0.6 is 27.3 Å². The zero-order valence-electron chi connectivity index (χ0n) is 15.7. The number of benzene rings is 1. The molecule has 0 saturated carbocycles. The lowest BCUT2D eigenvalue weighted by atomic mass is 10.2. The zero-order valence-corrected chi connectivity index (χ0v) is 18.1. The molecule has 0 bridgehead atoms. The summed E-state index contributed by atoms with van der Waals surface area (Å²) in [6.45, 7) is 0. The molecule has 0 unspecified atom stereocenters. The van der Waals surface area contributed by atoms with Crippen molar-refractivity contribution in [1.29, 1.82) is 0 Å². The molecule has 0 aliphatic heterocycles. The Morgan fingerprint density at radius 1 is 1.19 bits per heavy atom. The molecule has 14 heteroatoms. The lowest BCUT2D eigenvalue weighted by molar-refractivity contribution is -0.144. The summed E-state index contributed by atoms with van der Waals surface area (Å²) in [7, 11) is 2.47. The summed E-state index contributed by atoms with van der Waals surface area (Å²) in [6, 6.07) is 1.16. The van der Waals surface area contributed by atoms with Gasteiger partial charge in [0.05, 0.1) is 11.4 Å². The van der Waals surface area contributed by atoms with Gasteiger partial charge in [0.25, 0.3) is 5.56 Å². The van der Waals surface area contributed by atoms with Gasteiger partial charge >= 0.3 is 17.9 Å². The molecular formula is C17H12BrF4N5O3S. The van der Waals surface area contributed by atoms with Crippen LogP contribution in [0, 0.1) is 5.82 Å². The Labute approximate surface area is 182 Å². The number of carbonyl (C=O) groups excluding carboxylic acids is 1. The number of nitrogens with one attached hydrogen (secondary N) is 1. The third kappa shape index (κ3) is 4.54. The first-order valence-corrected chi connectivity index (χ1v) is 9.93. The van der Waals surface area contributed by atoms with Gasteiger partial charge in [-0.3, -0.25) is 9.36 Å². The Morgan fingerprint density at radius 2 is 1.87 bits per heavy atom. The Hall–Kier alpha value is -3.00. The highest BCUT2D eigenvalue weighted by atomic mass is 79.9. The van der Waals surface area contributed by atoms with Crippen molar-refractivity contribution in [3.05, 3.63) is 71.4 Å². The average Bonchev–Trinajstić information content (AvgIpc) is 3.05. The maximum Gasteiger partial charge on any atom is 0.431 e. The smallest absolute Gasteiger partial charge is 0.327 e. The van der Waals surface area contributed by atoms with E-state index >= 15 is 0 Å². The highest BCUT2D eigenvalue weighted by Crippen LogP contribution is 2.29. The predicted octanol–water partition coefficient (Wildman–Crippen LogP) is 2.99. The van der Waals surface area contributed by atoms with Crippen LogP contribution < -0.4 is 21.4 Å². The van der Waals surface area contributed by atoms with Crippen molar-refractivity contribution in [2.75, 3.05) is 5.32 Å². The molecule has 164 valence electrons. The average molecular weight is 522 g/mol. The van der Waals surface area contributed by atoms with Crippen LogP contribution in [-0.2, 0) is 20.3 Å². The van der Waals surface area contributed by atoms with Crippen molar-refractivity contribution in [2.24, 2.45) is 19.1 Å². The summed E-state index contributed by atoms with van der Waals surface area (Å²) in [6.07, 6.45) is -3.28. The van der Waals surface area contributed by atoms with Crippen LogP contribution in [0.3, 0.4) is 0 Å². The number of urea groups is 1. The second-order valence-corrected chi connectivity index (χ2v) is 7.89. The van der Waals surface area contributed by atoms with E-state index in [9.17, 15) is 31.9 Å². The van der Waals surface area contributed by atoms with Crippen LogP contribution in [-0.4, -0.2) is 19.7 Å². The summed E-state index contributed by atoms with van der Waals surface area (Å²) >= 11 is 4.23. The number of alkyl halides is 3. The minimum atomic E-state index is -4.96. The van der Waals surface area contributed by atoms with Crippen molar-refractivity contribution in [2.45, 2.75) is 6.18 Å². The fraction of sp³-hybridized carbons (Fsp3) is 0.176. The molecule has 8 nitrogen and oxygen atoms in total. The number of hydrogen-bond donors (Lipinski definition) is 1. The first-order chi connectivity index (χ1) is 14.4. The Balaban J connectivity index is 2.12. The van der Waals surface area contributed by atoms with Gasteiger partial charge in [0.2, 0.25) is 0 Å². The maximum atomic E-state index is 14.5. The number of nitrogens with zero attached hydrogens (tertiary/aromatic N) is 4. The Kier molecular flexibility index (Phi) is 6.04. The van der Waals surface area contributed by atoms with Crippen LogP contribution in [0.4, 0.5) is 28.0 Å². The number of amides is 2. The van der Waals surface area contributed by atoms with E-state index in [1.807, 2.05) is 0 Å². The highest BCUT2D eigenvalue weighted by Gasteiger charge is 2.35. The minimum absolute atomic E-state index is 0.0572. The molecule has 2 amide bonds. The normalized spacial score (nSPS) is 12.3. The number of thiazole rings is 1. The van der Waals surface area contributed by atoms with Gasteiger partial charge in [0.1, 0.15) is 11.5 Å². The molecule has 0 aliphatic rings. The lowest BCUT2D eigenvalue weighted by Crippen LogP contribution is -2.41. The van der Waals surface area contributed by atoms with Crippen molar-refractivity contribution < 1.29 is 22.4 Å². The van der Waals surface area contributed by atoms with E-state index in [4.69, 9.17) is 0 Å². The van der Waals surface area contributed by atoms with Crippen molar-refractivity contribution in [1.82, 2.24) is 13.7 Å². The van der Waals surface area contributed by atoms with E-state index in [1.165, 1.54) is 11.3 Å². The van der Waals surface area contributed by atoms with E-state index in [2.05, 4.69) is 26.2 Å². The third-order valence-electron chi connectivity index (χ3n) is 4.09. The van der Waals surface area contributed by atoms with Crippen LogP contribution in [0.25, 0.3) is 5.69 Å². The van der Waals surface area contributed by atoms with Crippen LogP contribution in [0.15, 0.2) is 48.8 Å². The van der Waals surface area contributed by atoms with Crippen LogP contribution in [0.2, 0.25) is 0 Å². The lowest BCUT2D eigenvalue weighted by Gasteiger charge is -2.15. The molecule has 0 aliphatic carbocycles. The molecule has 3 aromatic rings. The maximum absolute atomic E-state index is 14.5. The number of carbonyl (C=O) groups is 1. The number of anilines is 1. The number of aryl methyl sites for hydroxylation is 1. The molecule has 0 radical (unpaired) electrons. The molecule has 2 heterocycles. The minimum Gasteiger partial charge on any atom is -0.327 e. The van der Waals surface area contributed by atoms with Crippen molar-refractivity contribution in [3.8, 4) is 5.69 Å². The highest BCUT2D eigenvalue weighted by molar-refractivity contribution is 9.10. The topological polar surface area (TPSA) is 90.4 Å².